The van der Waals surface area contributed by atoms with Gasteiger partial charge in [-0.15, -0.1) is 0 Å². The van der Waals surface area contributed by atoms with Crippen LogP contribution in [-0.2, 0) is 0 Å². The van der Waals surface area contributed by atoms with E-state index < -0.39 is 5.91 Å². The predicted molar refractivity (Wildman–Crippen MR) is 81.3 cm³/mol. The molecule has 2 N–H and O–H groups in total. The lowest BCUT2D eigenvalue weighted by Gasteiger charge is -2.09. The lowest BCUT2D eigenvalue weighted by atomic mass is 10.0. The van der Waals surface area contributed by atoms with E-state index in [9.17, 15) is 9.90 Å². The highest BCUT2D eigenvalue weighted by Crippen LogP contribution is 2.21. The van der Waals surface area contributed by atoms with Gasteiger partial charge in [-0.25, -0.2) is 0 Å². The highest BCUT2D eigenvalue weighted by Gasteiger charge is 2.12. The number of nitriles is 1. The second-order valence-electron chi connectivity index (χ2n) is 5.07. The molecule has 21 heavy (non-hydrogen) atoms. The van der Waals surface area contributed by atoms with Crippen LogP contribution >= 0.6 is 0 Å². The third kappa shape index (κ3) is 3.40. The molecule has 2 rings (SSSR count). The molecule has 0 radical (unpaired) electrons. The quantitative estimate of drug-likeness (QED) is 0.901. The lowest BCUT2D eigenvalue weighted by molar-refractivity contribution is 0.102. The van der Waals surface area contributed by atoms with Crippen molar-refractivity contribution in [3.8, 4) is 11.8 Å². The van der Waals surface area contributed by atoms with Crippen molar-refractivity contribution in [1.82, 2.24) is 0 Å². The third-order valence-electron chi connectivity index (χ3n) is 3.21. The first-order valence-corrected chi connectivity index (χ1v) is 6.65. The molecule has 0 aromatic heterocycles. The van der Waals surface area contributed by atoms with Gasteiger partial charge in [0.1, 0.15) is 5.75 Å². The van der Waals surface area contributed by atoms with Gasteiger partial charge in [0.15, 0.2) is 0 Å². The van der Waals surface area contributed by atoms with Crippen LogP contribution in [0.15, 0.2) is 42.5 Å². The van der Waals surface area contributed by atoms with E-state index in [0.717, 1.165) is 0 Å². The zero-order valence-electron chi connectivity index (χ0n) is 11.9. The fourth-order valence-electron chi connectivity index (χ4n) is 1.94. The average molecular weight is 280 g/mol. The maximum absolute atomic E-state index is 12.1. The van der Waals surface area contributed by atoms with Crippen LogP contribution in [0.1, 0.15) is 41.3 Å². The molecule has 0 saturated carbocycles. The van der Waals surface area contributed by atoms with Crippen molar-refractivity contribution in [3.63, 3.8) is 0 Å². The molecule has 106 valence electrons. The summed E-state index contributed by atoms with van der Waals surface area (Å²) in [6.45, 7) is 4.19. The van der Waals surface area contributed by atoms with Crippen LogP contribution in [0.2, 0.25) is 0 Å². The molecule has 4 heteroatoms. The van der Waals surface area contributed by atoms with Crippen molar-refractivity contribution in [3.05, 3.63) is 59.2 Å². The molecule has 2 aromatic rings. The van der Waals surface area contributed by atoms with E-state index in [0.29, 0.717) is 17.2 Å². The number of carbonyl (C=O) groups is 1. The van der Waals surface area contributed by atoms with Gasteiger partial charge >= 0.3 is 0 Å². The van der Waals surface area contributed by atoms with Crippen molar-refractivity contribution in [2.45, 2.75) is 19.8 Å². The molecule has 0 bridgehead atoms. The normalized spacial score (nSPS) is 10.2. The number of phenols is 1. The number of phenolic OH excluding ortho intramolecular Hbond substituents is 1. The van der Waals surface area contributed by atoms with E-state index in [1.807, 2.05) is 30.3 Å². The molecule has 0 aliphatic rings. The molecule has 0 saturated heterocycles. The Hall–Kier alpha value is -2.80. The monoisotopic (exact) mass is 280 g/mol. The second kappa shape index (κ2) is 6.10. The van der Waals surface area contributed by atoms with Crippen molar-refractivity contribution in [1.29, 1.82) is 5.26 Å². The zero-order chi connectivity index (χ0) is 15.4. The van der Waals surface area contributed by atoms with Gasteiger partial charge in [-0.2, -0.15) is 5.26 Å². The van der Waals surface area contributed by atoms with Crippen LogP contribution in [0.4, 0.5) is 5.69 Å². The van der Waals surface area contributed by atoms with Crippen LogP contribution in [0, 0.1) is 11.3 Å². The first-order chi connectivity index (χ1) is 10.0. The zero-order valence-corrected chi connectivity index (χ0v) is 11.9. The fourth-order valence-corrected chi connectivity index (χ4v) is 1.94. The highest BCUT2D eigenvalue weighted by atomic mass is 16.3. The fraction of sp³-hybridized carbons (Fsp3) is 0.176. The van der Waals surface area contributed by atoms with Gasteiger partial charge in [0.2, 0.25) is 0 Å². The van der Waals surface area contributed by atoms with E-state index in [4.69, 9.17) is 5.26 Å². The first kappa shape index (κ1) is 14.6. The molecule has 0 fully saturated rings. The van der Waals surface area contributed by atoms with Gasteiger partial charge in [-0.05, 0) is 41.8 Å². The van der Waals surface area contributed by atoms with Crippen molar-refractivity contribution < 1.29 is 9.90 Å². The predicted octanol–water partition coefficient (Wildman–Crippen LogP) is 3.64. The molecular weight excluding hydrogens is 264 g/mol. The Morgan fingerprint density at radius 3 is 2.43 bits per heavy atom. The maximum Gasteiger partial charge on any atom is 0.259 e. The van der Waals surface area contributed by atoms with Gasteiger partial charge in [0.25, 0.3) is 5.91 Å². The number of nitrogens with one attached hydrogen (secondary N) is 1. The number of amides is 1. The lowest BCUT2D eigenvalue weighted by Crippen LogP contribution is -2.12. The van der Waals surface area contributed by atoms with Crippen LogP contribution in [0.25, 0.3) is 0 Å². The number of nitrogens with zero attached hydrogens (tertiary/aromatic N) is 1. The van der Waals surface area contributed by atoms with Gasteiger partial charge in [-0.1, -0.05) is 26.0 Å². The molecule has 0 unspecified atom stereocenters. The molecule has 0 aliphatic heterocycles. The number of hydrogen-bond donors (Lipinski definition) is 2. The Bertz CT molecular complexity index is 698. The molecule has 4 nitrogen and oxygen atoms in total. The minimum absolute atomic E-state index is 0.0852. The summed E-state index contributed by atoms with van der Waals surface area (Å²) in [4.78, 5) is 12.1. The topological polar surface area (TPSA) is 73.1 Å². The Morgan fingerprint density at radius 1 is 1.19 bits per heavy atom. The SMILES string of the molecule is CC(C)c1ccc(NC(=O)c2cc(C#N)ccc2O)cc1. The number of carbonyl (C=O) groups excluding carboxylic acids is 1. The number of rotatable bonds is 3. The standard InChI is InChI=1S/C17H16N2O2/c1-11(2)13-4-6-14(7-5-13)19-17(21)15-9-12(10-18)3-8-16(15)20/h3-9,11,20H,1-2H3,(H,19,21). The summed E-state index contributed by atoms with van der Waals surface area (Å²) >= 11 is 0. The molecule has 0 heterocycles. The third-order valence-corrected chi connectivity index (χ3v) is 3.21. The maximum atomic E-state index is 12.1. The molecule has 0 aliphatic carbocycles. The minimum Gasteiger partial charge on any atom is -0.507 e. The summed E-state index contributed by atoms with van der Waals surface area (Å²) in [5, 5.41) is 21.3. The van der Waals surface area contributed by atoms with E-state index in [1.54, 1.807) is 0 Å². The van der Waals surface area contributed by atoms with Crippen molar-refractivity contribution in [2.24, 2.45) is 0 Å². The number of hydrogen-bond acceptors (Lipinski definition) is 3. The van der Waals surface area contributed by atoms with Gasteiger partial charge in [0, 0.05) is 5.69 Å². The van der Waals surface area contributed by atoms with E-state index in [-0.39, 0.29) is 11.3 Å². The van der Waals surface area contributed by atoms with E-state index in [1.165, 1.54) is 23.8 Å². The van der Waals surface area contributed by atoms with Crippen molar-refractivity contribution >= 4 is 11.6 Å². The van der Waals surface area contributed by atoms with E-state index >= 15 is 0 Å². The Balaban J connectivity index is 2.20. The molecule has 0 atom stereocenters. The number of aromatic hydroxyl groups is 1. The molecule has 0 spiro atoms. The summed E-state index contributed by atoms with van der Waals surface area (Å²) in [7, 11) is 0. The van der Waals surface area contributed by atoms with Crippen molar-refractivity contribution in [2.75, 3.05) is 5.32 Å². The molecule has 2 aromatic carbocycles. The van der Waals surface area contributed by atoms with Gasteiger partial charge in [0.05, 0.1) is 17.2 Å². The smallest absolute Gasteiger partial charge is 0.259 e. The first-order valence-electron chi connectivity index (χ1n) is 6.65. The molecular formula is C17H16N2O2. The summed E-state index contributed by atoms with van der Waals surface area (Å²) in [6.07, 6.45) is 0. The summed E-state index contributed by atoms with van der Waals surface area (Å²) in [5.74, 6) is -0.168. The van der Waals surface area contributed by atoms with Crippen LogP contribution in [0.3, 0.4) is 0 Å². The number of anilines is 1. The van der Waals surface area contributed by atoms with Crippen LogP contribution < -0.4 is 5.32 Å². The highest BCUT2D eigenvalue weighted by molar-refractivity contribution is 6.06. The second-order valence-corrected chi connectivity index (χ2v) is 5.07. The summed E-state index contributed by atoms with van der Waals surface area (Å²) in [5.41, 5.74) is 2.24. The number of benzene rings is 2. The largest absolute Gasteiger partial charge is 0.507 e. The van der Waals surface area contributed by atoms with Gasteiger partial charge in [-0.3, -0.25) is 4.79 Å². The summed E-state index contributed by atoms with van der Waals surface area (Å²) < 4.78 is 0. The summed E-state index contributed by atoms with van der Waals surface area (Å²) in [6, 6.07) is 13.7. The Morgan fingerprint density at radius 2 is 1.86 bits per heavy atom. The van der Waals surface area contributed by atoms with E-state index in [2.05, 4.69) is 19.2 Å². The van der Waals surface area contributed by atoms with Crippen LogP contribution in [0.5, 0.6) is 5.75 Å². The Labute approximate surface area is 123 Å². The van der Waals surface area contributed by atoms with Crippen LogP contribution in [-0.4, -0.2) is 11.0 Å². The Kier molecular flexibility index (Phi) is 4.24. The minimum atomic E-state index is -0.443. The average Bonchev–Trinajstić information content (AvgIpc) is 2.48. The van der Waals surface area contributed by atoms with Gasteiger partial charge < -0.3 is 10.4 Å². The molecule has 1 amide bonds.